The molecule has 4 heteroatoms. The normalized spacial score (nSPS) is 14.3. The van der Waals surface area contributed by atoms with Crippen LogP contribution in [0.15, 0.2) is 0 Å². The molecule has 20 heavy (non-hydrogen) atoms. The molecule has 0 spiro atoms. The van der Waals surface area contributed by atoms with Gasteiger partial charge in [0.1, 0.15) is 0 Å². The van der Waals surface area contributed by atoms with E-state index in [0.29, 0.717) is 0 Å². The molecule has 0 aromatic carbocycles. The van der Waals surface area contributed by atoms with E-state index >= 15 is 0 Å². The van der Waals surface area contributed by atoms with Crippen LogP contribution < -0.4 is 0 Å². The number of unbranched alkanes of at least 4 members (excludes halogenated alkanes) is 4. The zero-order valence-corrected chi connectivity index (χ0v) is 16.0. The van der Waals surface area contributed by atoms with Crippen molar-refractivity contribution >= 4 is 15.5 Å². The monoisotopic (exact) mass is 322 g/mol. The molecular formula is C16H36O2P2. The van der Waals surface area contributed by atoms with Gasteiger partial charge in [0.15, 0.2) is 0 Å². The van der Waals surface area contributed by atoms with E-state index in [1.807, 2.05) is 0 Å². The van der Waals surface area contributed by atoms with Gasteiger partial charge in [-0.25, -0.2) is 0 Å². The van der Waals surface area contributed by atoms with Crippen LogP contribution in [0.1, 0.15) is 79.1 Å². The van der Waals surface area contributed by atoms with Crippen molar-refractivity contribution in [3.05, 3.63) is 0 Å². The van der Waals surface area contributed by atoms with E-state index < -0.39 is 6.83 Å². The maximum absolute atomic E-state index is 11.4. The van der Waals surface area contributed by atoms with E-state index in [0.717, 1.165) is 0 Å². The van der Waals surface area contributed by atoms with Crippen molar-refractivity contribution in [2.75, 3.05) is 24.6 Å². The van der Waals surface area contributed by atoms with Gasteiger partial charge in [-0.2, -0.15) is 0 Å². The second-order valence-corrected chi connectivity index (χ2v) is 12.6. The van der Waals surface area contributed by atoms with Gasteiger partial charge >= 0.3 is 128 Å². The van der Waals surface area contributed by atoms with Crippen molar-refractivity contribution in [2.45, 2.75) is 79.1 Å². The van der Waals surface area contributed by atoms with Gasteiger partial charge in [-0.05, 0) is 0 Å². The Balaban J connectivity index is 5.31. The van der Waals surface area contributed by atoms with Gasteiger partial charge in [-0.1, -0.05) is 0 Å². The van der Waals surface area contributed by atoms with Gasteiger partial charge in [-0.15, -0.1) is 0 Å². The van der Waals surface area contributed by atoms with Gasteiger partial charge in [0.05, 0.1) is 0 Å². The molecule has 2 nitrogen and oxygen atoms in total. The second-order valence-electron chi connectivity index (χ2n) is 6.32. The molecule has 0 bridgehead atoms. The van der Waals surface area contributed by atoms with E-state index in [4.69, 9.17) is 4.31 Å². The van der Waals surface area contributed by atoms with Crippen molar-refractivity contribution in [1.82, 2.24) is 0 Å². The molecule has 0 radical (unpaired) electrons. The molecule has 0 aromatic heterocycles. The first-order valence-corrected chi connectivity index (χ1v) is 12.3. The van der Waals surface area contributed by atoms with Gasteiger partial charge in [-0.3, -0.25) is 0 Å². The molecular weight excluding hydrogens is 286 g/mol. The predicted molar refractivity (Wildman–Crippen MR) is 94.7 cm³/mol. The first kappa shape index (κ1) is 20.5. The van der Waals surface area contributed by atoms with Crippen molar-refractivity contribution in [3.8, 4) is 0 Å². The quantitative estimate of drug-likeness (QED) is 0.326. The summed E-state index contributed by atoms with van der Waals surface area (Å²) in [6.45, 7) is 6.76. The average Bonchev–Trinajstić information content (AvgIpc) is 2.48. The van der Waals surface area contributed by atoms with Crippen molar-refractivity contribution in [2.24, 2.45) is 0 Å². The van der Waals surface area contributed by atoms with E-state index in [1.165, 1.54) is 76.0 Å². The van der Waals surface area contributed by atoms with Crippen LogP contribution in [0.3, 0.4) is 0 Å². The SMILES string of the molecule is CCCCP(CCCC)(CCCC)(CCCC)OP=O. The molecule has 0 heterocycles. The third-order valence-corrected chi connectivity index (χ3v) is 12.5. The molecule has 0 amide bonds. The summed E-state index contributed by atoms with van der Waals surface area (Å²) in [4.78, 5) is 0. The fourth-order valence-corrected chi connectivity index (χ4v) is 11.0. The summed E-state index contributed by atoms with van der Waals surface area (Å²) in [7, 11) is -0.0748. The third-order valence-electron chi connectivity index (χ3n) is 4.57. The zero-order valence-electron chi connectivity index (χ0n) is 14.2. The Morgan fingerprint density at radius 1 is 0.700 bits per heavy atom. The van der Waals surface area contributed by atoms with Crippen LogP contribution in [0.4, 0.5) is 0 Å². The summed E-state index contributed by atoms with van der Waals surface area (Å²) in [6.07, 6.45) is 14.5. The first-order chi connectivity index (χ1) is 9.62. The Labute approximate surface area is 128 Å². The third kappa shape index (κ3) is 6.50. The van der Waals surface area contributed by atoms with E-state index in [9.17, 15) is 4.57 Å². The number of hydrogen-bond donors (Lipinski definition) is 0. The molecule has 0 saturated heterocycles. The van der Waals surface area contributed by atoms with Crippen LogP contribution in [0.25, 0.3) is 0 Å². The van der Waals surface area contributed by atoms with Crippen LogP contribution in [0.5, 0.6) is 0 Å². The molecule has 0 aliphatic carbocycles. The van der Waals surface area contributed by atoms with Crippen LogP contribution >= 0.6 is 15.5 Å². The molecule has 0 aliphatic rings. The summed E-state index contributed by atoms with van der Waals surface area (Å²) in [5.74, 6) is 0. The van der Waals surface area contributed by atoms with Gasteiger partial charge in [0.25, 0.3) is 0 Å². The molecule has 0 aromatic rings. The number of hydrogen-bond acceptors (Lipinski definition) is 2. The minimum atomic E-state index is -2.24. The summed E-state index contributed by atoms with van der Waals surface area (Å²) < 4.78 is 17.6. The summed E-state index contributed by atoms with van der Waals surface area (Å²) in [5, 5.41) is 0. The van der Waals surface area contributed by atoms with Gasteiger partial charge in [0, 0.05) is 0 Å². The topological polar surface area (TPSA) is 26.3 Å². The molecule has 0 saturated carbocycles. The summed E-state index contributed by atoms with van der Waals surface area (Å²) in [6, 6.07) is 0. The first-order valence-electron chi connectivity index (χ1n) is 8.64. The Morgan fingerprint density at radius 3 is 1.20 bits per heavy atom. The van der Waals surface area contributed by atoms with Crippen LogP contribution in [-0.2, 0) is 8.88 Å². The Kier molecular flexibility index (Phi) is 11.4. The average molecular weight is 322 g/mol. The van der Waals surface area contributed by atoms with Gasteiger partial charge in [0.2, 0.25) is 0 Å². The molecule has 0 rings (SSSR count). The van der Waals surface area contributed by atoms with Crippen LogP contribution in [0.2, 0.25) is 0 Å². The van der Waals surface area contributed by atoms with Crippen LogP contribution in [-0.4, -0.2) is 24.6 Å². The molecule has 122 valence electrons. The molecule has 0 N–H and O–H groups in total. The predicted octanol–water partition coefficient (Wildman–Crippen LogP) is 6.88. The van der Waals surface area contributed by atoms with Crippen molar-refractivity contribution < 1.29 is 8.88 Å². The fraction of sp³-hybridized carbons (Fsp3) is 1.00. The van der Waals surface area contributed by atoms with E-state index in [2.05, 4.69) is 27.7 Å². The van der Waals surface area contributed by atoms with Crippen LogP contribution in [0, 0.1) is 0 Å². The van der Waals surface area contributed by atoms with Gasteiger partial charge < -0.3 is 0 Å². The molecule has 0 atom stereocenters. The molecule has 0 aliphatic heterocycles. The standard InChI is InChI=1S/C16H36O2P2/c1-5-9-13-20(18-19-17,14-10-6-2,15-11-7-3)16-12-8-4/h5-16H2,1-4H3. The molecule has 0 unspecified atom stereocenters. The Hall–Kier alpha value is 0.490. The molecule has 0 fully saturated rings. The fourth-order valence-electron chi connectivity index (χ4n) is 3.16. The minimum absolute atomic E-state index is 0.0748. The van der Waals surface area contributed by atoms with Crippen molar-refractivity contribution in [3.63, 3.8) is 0 Å². The Morgan fingerprint density at radius 2 is 1.00 bits per heavy atom. The summed E-state index contributed by atoms with van der Waals surface area (Å²) >= 11 is 0. The second kappa shape index (κ2) is 11.1. The zero-order chi connectivity index (χ0) is 15.3. The van der Waals surface area contributed by atoms with E-state index in [-0.39, 0.29) is 8.69 Å². The summed E-state index contributed by atoms with van der Waals surface area (Å²) in [5.41, 5.74) is 0. The van der Waals surface area contributed by atoms with Crippen molar-refractivity contribution in [1.29, 1.82) is 0 Å². The Bertz CT molecular complexity index is 213. The maximum atomic E-state index is 11.4. The van der Waals surface area contributed by atoms with E-state index in [1.54, 1.807) is 0 Å². The number of rotatable bonds is 14.